The van der Waals surface area contributed by atoms with E-state index in [4.69, 9.17) is 0 Å². The van der Waals surface area contributed by atoms with Gasteiger partial charge in [0.25, 0.3) is 0 Å². The first kappa shape index (κ1) is 23.9. The molecule has 0 aromatic heterocycles. The fraction of sp³-hybridized carbons (Fsp3) is 0.360. The van der Waals surface area contributed by atoms with Crippen molar-refractivity contribution in [3.8, 4) is 11.8 Å². The molecule has 0 spiro atoms. The van der Waals surface area contributed by atoms with Crippen LogP contribution in [0.25, 0.3) is 0 Å². The molecule has 2 aliphatic rings. The second-order valence-corrected chi connectivity index (χ2v) is 11.8. The Bertz CT molecular complexity index is 1350. The number of fused-ring (bicyclic) bond motifs is 1. The first-order valence-electron chi connectivity index (χ1n) is 10.6. The van der Waals surface area contributed by atoms with E-state index in [2.05, 4.69) is 17.4 Å². The summed E-state index contributed by atoms with van der Waals surface area (Å²) in [5.74, 6) is -0.325. The predicted molar refractivity (Wildman–Crippen MR) is 124 cm³/mol. The van der Waals surface area contributed by atoms with E-state index in [0.29, 0.717) is 28.2 Å². The van der Waals surface area contributed by atoms with Crippen molar-refractivity contribution in [3.05, 3.63) is 65.4 Å². The topological polar surface area (TPSA) is 87.5 Å². The van der Waals surface area contributed by atoms with E-state index in [9.17, 15) is 27.3 Å². The number of hydrogen-bond donors (Lipinski definition) is 0. The van der Waals surface area contributed by atoms with Crippen LogP contribution in [-0.2, 0) is 15.3 Å². The molecule has 2 aliphatic heterocycles. The smallest absolute Gasteiger partial charge is 0.387 e. The van der Waals surface area contributed by atoms with Gasteiger partial charge in [-0.25, -0.2) is 8.42 Å². The summed E-state index contributed by atoms with van der Waals surface area (Å²) in [4.78, 5) is 14.8. The molecule has 0 amide bonds. The summed E-state index contributed by atoms with van der Waals surface area (Å²) < 4.78 is 53.3. The Hall–Kier alpha value is -3.25. The second-order valence-electron chi connectivity index (χ2n) is 9.76. The largest absolute Gasteiger partial charge is 0.435 e. The number of carbonyl (C=O) groups excluding carboxylic acids is 1. The van der Waals surface area contributed by atoms with E-state index in [-0.39, 0.29) is 35.0 Å². The number of ketones is 1. The van der Waals surface area contributed by atoms with Crippen LogP contribution >= 0.6 is 0 Å². The number of nitriles is 1. The van der Waals surface area contributed by atoms with Crippen molar-refractivity contribution < 1.29 is 26.7 Å². The van der Waals surface area contributed by atoms with Crippen molar-refractivity contribution in [2.75, 3.05) is 16.4 Å². The Morgan fingerprint density at radius 1 is 1.24 bits per heavy atom. The summed E-state index contributed by atoms with van der Waals surface area (Å²) >= 11 is 0. The zero-order valence-corrected chi connectivity index (χ0v) is 19.9. The maximum absolute atomic E-state index is 13.1. The van der Waals surface area contributed by atoms with Gasteiger partial charge in [-0.05, 0) is 29.8 Å². The number of allylic oxidation sites excluding steroid dienone is 1. The highest BCUT2D eigenvalue weighted by atomic mass is 32.2. The minimum atomic E-state index is -3.09. The fourth-order valence-corrected chi connectivity index (χ4v) is 7.11. The van der Waals surface area contributed by atoms with Gasteiger partial charge in [-0.2, -0.15) is 14.0 Å². The Morgan fingerprint density at radius 3 is 2.50 bits per heavy atom. The average Bonchev–Trinajstić information content (AvgIpc) is 2.91. The molecule has 34 heavy (non-hydrogen) atoms. The van der Waals surface area contributed by atoms with Crippen LogP contribution in [0.4, 0.5) is 20.2 Å². The van der Waals surface area contributed by atoms with Crippen molar-refractivity contribution in [1.82, 2.24) is 0 Å². The molecule has 2 heterocycles. The summed E-state index contributed by atoms with van der Waals surface area (Å²) in [6.07, 6.45) is 0.0635. The van der Waals surface area contributed by atoms with E-state index in [1.807, 2.05) is 13.8 Å². The first-order chi connectivity index (χ1) is 15.8. The van der Waals surface area contributed by atoms with Gasteiger partial charge >= 0.3 is 6.61 Å². The normalized spacial score (nSPS) is 19.3. The highest BCUT2D eigenvalue weighted by Crippen LogP contribution is 2.53. The summed E-state index contributed by atoms with van der Waals surface area (Å²) in [5.41, 5.74) is 1.62. The van der Waals surface area contributed by atoms with Crippen LogP contribution in [-0.4, -0.2) is 32.3 Å². The molecular weight excluding hydrogens is 462 g/mol. The molecule has 0 aliphatic carbocycles. The molecule has 178 valence electrons. The number of nitrogens with zero attached hydrogens (tertiary/aromatic N) is 2. The monoisotopic (exact) mass is 486 g/mol. The van der Waals surface area contributed by atoms with Crippen molar-refractivity contribution in [2.45, 2.75) is 39.2 Å². The highest BCUT2D eigenvalue weighted by Gasteiger charge is 2.46. The van der Waals surface area contributed by atoms with E-state index >= 15 is 0 Å². The van der Waals surface area contributed by atoms with Gasteiger partial charge < -0.3 is 9.64 Å². The van der Waals surface area contributed by atoms with E-state index in [0.717, 1.165) is 0 Å². The van der Waals surface area contributed by atoms with Crippen LogP contribution in [0.2, 0.25) is 0 Å². The third-order valence-corrected chi connectivity index (χ3v) is 8.74. The van der Waals surface area contributed by atoms with Crippen molar-refractivity contribution in [3.63, 3.8) is 0 Å². The first-order valence-corrected chi connectivity index (χ1v) is 12.5. The molecule has 0 unspecified atom stereocenters. The fourth-order valence-electron chi connectivity index (χ4n) is 4.86. The van der Waals surface area contributed by atoms with Gasteiger partial charge in [-0.3, -0.25) is 4.79 Å². The molecule has 4 rings (SSSR count). The average molecular weight is 487 g/mol. The van der Waals surface area contributed by atoms with Gasteiger partial charge in [0.1, 0.15) is 11.8 Å². The van der Waals surface area contributed by atoms with Gasteiger partial charge in [-0.15, -0.1) is 0 Å². The Balaban J connectivity index is 1.77. The number of alkyl halides is 2. The second kappa shape index (κ2) is 7.91. The Kier molecular flexibility index (Phi) is 5.56. The maximum Gasteiger partial charge on any atom is 0.387 e. The van der Waals surface area contributed by atoms with Gasteiger partial charge in [0, 0.05) is 40.3 Å². The molecule has 1 fully saturated rings. The molecule has 0 N–H and O–H groups in total. The molecule has 9 heteroatoms. The predicted octanol–water partition coefficient (Wildman–Crippen LogP) is 5.11. The van der Waals surface area contributed by atoms with Gasteiger partial charge in [-0.1, -0.05) is 33.4 Å². The number of halogens is 2. The summed E-state index contributed by atoms with van der Waals surface area (Å²) in [6, 6.07) is 11.5. The van der Waals surface area contributed by atoms with Crippen LogP contribution in [0.15, 0.2) is 48.7 Å². The molecular formula is C25H24F2N2O4S. The number of rotatable bonds is 6. The third-order valence-electron chi connectivity index (χ3n) is 6.47. The number of Topliss-reactive ketones (excluding diaryl/α,β-unsaturated/α-hetero) is 1. The molecule has 0 bridgehead atoms. The van der Waals surface area contributed by atoms with E-state index < -0.39 is 27.3 Å². The van der Waals surface area contributed by atoms with Crippen molar-refractivity contribution in [1.29, 1.82) is 5.26 Å². The third kappa shape index (κ3) is 4.07. The lowest BCUT2D eigenvalue weighted by atomic mass is 9.81. The van der Waals surface area contributed by atoms with Gasteiger partial charge in [0.2, 0.25) is 0 Å². The highest BCUT2D eigenvalue weighted by molar-refractivity contribution is 7.92. The molecule has 2 aromatic rings. The van der Waals surface area contributed by atoms with Crippen molar-refractivity contribution in [2.24, 2.45) is 5.41 Å². The minimum Gasteiger partial charge on any atom is -0.435 e. The zero-order chi connectivity index (χ0) is 25.1. The lowest BCUT2D eigenvalue weighted by Crippen LogP contribution is -2.47. The standard InChI is InChI=1S/C25H24F2N2O4S/c1-15-24(2,3)20-9-16(21(30)11-25(4)13-34(31,32)14-25)8-17(12-28)22(20)29(15)18-6-5-7-19(10-18)33-23(26)27/h5-10,23H,1,11,13-14H2,2-4H3. The van der Waals surface area contributed by atoms with Crippen LogP contribution in [0.1, 0.15) is 48.7 Å². The summed E-state index contributed by atoms with van der Waals surface area (Å²) in [7, 11) is -3.09. The number of ether oxygens (including phenoxy) is 1. The number of benzene rings is 2. The molecule has 6 nitrogen and oxygen atoms in total. The maximum atomic E-state index is 13.1. The lowest BCUT2D eigenvalue weighted by Gasteiger charge is -2.37. The number of anilines is 2. The minimum absolute atomic E-state index is 0.0273. The zero-order valence-electron chi connectivity index (χ0n) is 19.1. The van der Waals surface area contributed by atoms with Crippen LogP contribution in [0.5, 0.6) is 5.75 Å². The van der Waals surface area contributed by atoms with Gasteiger partial charge in [0.15, 0.2) is 15.6 Å². The molecule has 0 radical (unpaired) electrons. The number of hydrogen-bond acceptors (Lipinski definition) is 6. The summed E-state index contributed by atoms with van der Waals surface area (Å²) in [6.45, 7) is 6.80. The quantitative estimate of drug-likeness (QED) is 0.528. The van der Waals surface area contributed by atoms with Gasteiger partial charge in [0.05, 0.1) is 22.8 Å². The molecule has 0 saturated carbocycles. The van der Waals surface area contributed by atoms with E-state index in [1.165, 1.54) is 18.2 Å². The number of sulfone groups is 1. The van der Waals surface area contributed by atoms with Crippen LogP contribution < -0.4 is 9.64 Å². The van der Waals surface area contributed by atoms with Crippen molar-refractivity contribution >= 4 is 27.0 Å². The molecule has 1 saturated heterocycles. The molecule has 0 atom stereocenters. The van der Waals surface area contributed by atoms with Crippen LogP contribution in [0, 0.1) is 16.7 Å². The van der Waals surface area contributed by atoms with E-state index in [1.54, 1.807) is 30.0 Å². The Morgan fingerprint density at radius 2 is 1.91 bits per heavy atom. The van der Waals surface area contributed by atoms with Crippen LogP contribution in [0.3, 0.4) is 0 Å². The Labute approximate surface area is 197 Å². The SMILES string of the molecule is C=C1N(c2cccc(OC(F)F)c2)c2c(C#N)cc(C(=O)CC3(C)CS(=O)(=O)C3)cc2C1(C)C. The molecule has 2 aromatic carbocycles. The number of carbonyl (C=O) groups is 1. The summed E-state index contributed by atoms with van der Waals surface area (Å²) in [5, 5.41) is 9.94. The lowest BCUT2D eigenvalue weighted by molar-refractivity contribution is -0.0498.